The number of ketones is 1. The number of hydrogen-bond donors (Lipinski definition) is 0. The predicted molar refractivity (Wildman–Crippen MR) is 72.5 cm³/mol. The van der Waals surface area contributed by atoms with E-state index in [1.165, 1.54) is 5.57 Å². The summed E-state index contributed by atoms with van der Waals surface area (Å²) in [7, 11) is 1.73. The normalized spacial score (nSPS) is 49.6. The van der Waals surface area contributed by atoms with Gasteiger partial charge in [-0.25, -0.2) is 0 Å². The van der Waals surface area contributed by atoms with Crippen LogP contribution < -0.4 is 0 Å². The highest BCUT2D eigenvalue weighted by Crippen LogP contribution is 2.59. The van der Waals surface area contributed by atoms with Crippen molar-refractivity contribution in [1.29, 1.82) is 0 Å². The molecule has 1 aliphatic heterocycles. The molecule has 3 heteroatoms. The Labute approximate surface area is 115 Å². The van der Waals surface area contributed by atoms with E-state index in [0.29, 0.717) is 30.0 Å². The van der Waals surface area contributed by atoms with Crippen LogP contribution in [-0.4, -0.2) is 25.3 Å². The molecule has 2 fully saturated rings. The molecular formula is C16H24O3. The molecule has 3 aliphatic rings. The number of allylic oxidation sites excluding steroid dienone is 2. The van der Waals surface area contributed by atoms with Gasteiger partial charge in [0.25, 0.3) is 0 Å². The molecule has 2 aliphatic carbocycles. The Morgan fingerprint density at radius 3 is 2.84 bits per heavy atom. The first-order valence-electron chi connectivity index (χ1n) is 7.40. The molecule has 0 spiro atoms. The van der Waals surface area contributed by atoms with E-state index in [4.69, 9.17) is 9.47 Å². The molecule has 6 atom stereocenters. The fourth-order valence-electron chi connectivity index (χ4n) is 4.76. The third-order valence-corrected chi connectivity index (χ3v) is 5.89. The fourth-order valence-corrected chi connectivity index (χ4v) is 4.76. The third kappa shape index (κ3) is 1.74. The van der Waals surface area contributed by atoms with E-state index in [9.17, 15) is 4.79 Å². The van der Waals surface area contributed by atoms with Crippen molar-refractivity contribution >= 4 is 5.78 Å². The Bertz CT molecular complexity index is 426. The minimum atomic E-state index is -0.0870. The van der Waals surface area contributed by atoms with E-state index in [0.717, 1.165) is 12.8 Å². The lowest BCUT2D eigenvalue weighted by molar-refractivity contribution is -0.132. The standard InChI is InChI=1S/C16H24O3/c1-9-7-12(17)8-11-5-6-13-14(16(9,11)3)10(2)15(18-4)19-13/h8-10,13-15H,5-7H2,1-4H3/t9-,10-,13-,14-,15-,16+/m0/s1. The van der Waals surface area contributed by atoms with Gasteiger partial charge in [-0.1, -0.05) is 26.3 Å². The molecule has 3 rings (SSSR count). The summed E-state index contributed by atoms with van der Waals surface area (Å²) < 4.78 is 11.6. The first kappa shape index (κ1) is 13.3. The van der Waals surface area contributed by atoms with Gasteiger partial charge in [0.05, 0.1) is 6.10 Å². The largest absolute Gasteiger partial charge is 0.356 e. The lowest BCUT2D eigenvalue weighted by atomic mass is 9.53. The summed E-state index contributed by atoms with van der Waals surface area (Å²) in [5, 5.41) is 0. The van der Waals surface area contributed by atoms with Crippen LogP contribution >= 0.6 is 0 Å². The molecule has 1 heterocycles. The van der Waals surface area contributed by atoms with E-state index in [1.54, 1.807) is 7.11 Å². The van der Waals surface area contributed by atoms with Crippen LogP contribution in [0.5, 0.6) is 0 Å². The van der Waals surface area contributed by atoms with Crippen molar-refractivity contribution < 1.29 is 14.3 Å². The molecule has 19 heavy (non-hydrogen) atoms. The van der Waals surface area contributed by atoms with Gasteiger partial charge in [0.1, 0.15) is 0 Å². The summed E-state index contributed by atoms with van der Waals surface area (Å²) in [6.07, 6.45) is 4.82. The van der Waals surface area contributed by atoms with Gasteiger partial charge < -0.3 is 9.47 Å². The summed E-state index contributed by atoms with van der Waals surface area (Å²) in [6.45, 7) is 6.79. The van der Waals surface area contributed by atoms with Gasteiger partial charge in [0.2, 0.25) is 0 Å². The highest BCUT2D eigenvalue weighted by atomic mass is 16.7. The molecule has 0 aromatic rings. The number of ether oxygens (including phenoxy) is 2. The number of hydrogen-bond acceptors (Lipinski definition) is 3. The van der Waals surface area contributed by atoms with Crippen molar-refractivity contribution in [2.45, 2.75) is 52.4 Å². The Balaban J connectivity index is 2.02. The second-order valence-electron chi connectivity index (χ2n) is 6.73. The lowest BCUT2D eigenvalue weighted by Crippen LogP contribution is -2.48. The highest BCUT2D eigenvalue weighted by molar-refractivity contribution is 5.92. The maximum atomic E-state index is 11.8. The smallest absolute Gasteiger partial charge is 0.160 e. The minimum absolute atomic E-state index is 0.0870. The molecule has 0 N–H and O–H groups in total. The van der Waals surface area contributed by atoms with Crippen molar-refractivity contribution in [3.63, 3.8) is 0 Å². The Kier molecular flexibility index (Phi) is 3.10. The van der Waals surface area contributed by atoms with Crippen molar-refractivity contribution in [3.8, 4) is 0 Å². The van der Waals surface area contributed by atoms with Crippen molar-refractivity contribution in [2.24, 2.45) is 23.2 Å². The Morgan fingerprint density at radius 1 is 1.42 bits per heavy atom. The summed E-state index contributed by atoms with van der Waals surface area (Å²) in [4.78, 5) is 11.8. The van der Waals surface area contributed by atoms with Crippen molar-refractivity contribution in [3.05, 3.63) is 11.6 Å². The average Bonchev–Trinajstić information content (AvgIpc) is 2.69. The maximum absolute atomic E-state index is 11.8. The Hall–Kier alpha value is -0.670. The molecule has 0 aromatic heterocycles. The van der Waals surface area contributed by atoms with Crippen LogP contribution in [0.4, 0.5) is 0 Å². The van der Waals surface area contributed by atoms with Crippen LogP contribution in [0.1, 0.15) is 40.0 Å². The topological polar surface area (TPSA) is 35.5 Å². The predicted octanol–water partition coefficient (Wildman–Crippen LogP) is 2.95. The first-order valence-corrected chi connectivity index (χ1v) is 7.40. The molecule has 0 aromatic carbocycles. The molecule has 106 valence electrons. The van der Waals surface area contributed by atoms with Gasteiger partial charge in [-0.2, -0.15) is 0 Å². The van der Waals surface area contributed by atoms with Crippen molar-refractivity contribution in [1.82, 2.24) is 0 Å². The molecular weight excluding hydrogens is 240 g/mol. The summed E-state index contributed by atoms with van der Waals surface area (Å²) in [5.41, 5.74) is 1.45. The molecule has 1 saturated heterocycles. The number of carbonyl (C=O) groups excluding carboxylic acids is 1. The van der Waals surface area contributed by atoms with Crippen LogP contribution in [0.2, 0.25) is 0 Å². The van der Waals surface area contributed by atoms with Crippen LogP contribution in [0, 0.1) is 23.2 Å². The number of fused-ring (bicyclic) bond motifs is 3. The van der Waals surface area contributed by atoms with Gasteiger partial charge in [-0.15, -0.1) is 0 Å². The number of methoxy groups -OCH3 is 1. The molecule has 1 saturated carbocycles. The summed E-state index contributed by atoms with van der Waals surface area (Å²) >= 11 is 0. The molecule has 0 bridgehead atoms. The van der Waals surface area contributed by atoms with Gasteiger partial charge in [0, 0.05) is 25.4 Å². The van der Waals surface area contributed by atoms with Crippen molar-refractivity contribution in [2.75, 3.05) is 7.11 Å². The quantitative estimate of drug-likeness (QED) is 0.730. The minimum Gasteiger partial charge on any atom is -0.356 e. The first-order chi connectivity index (χ1) is 8.98. The zero-order chi connectivity index (χ0) is 13.8. The average molecular weight is 264 g/mol. The number of rotatable bonds is 1. The second kappa shape index (κ2) is 4.42. The van der Waals surface area contributed by atoms with E-state index in [-0.39, 0.29) is 17.8 Å². The van der Waals surface area contributed by atoms with Gasteiger partial charge >= 0.3 is 0 Å². The zero-order valence-electron chi connectivity index (χ0n) is 12.3. The fraction of sp³-hybridized carbons (Fsp3) is 0.812. The highest BCUT2D eigenvalue weighted by Gasteiger charge is 2.57. The van der Waals surface area contributed by atoms with Crippen LogP contribution in [0.15, 0.2) is 11.6 Å². The second-order valence-corrected chi connectivity index (χ2v) is 6.73. The van der Waals surface area contributed by atoms with E-state index >= 15 is 0 Å². The SMILES string of the molecule is CO[C@H]1O[C@H]2CCC3=CC(=O)C[C@H](C)[C@@]3(C)[C@H]2[C@@H]1C. The molecule has 0 amide bonds. The summed E-state index contributed by atoms with van der Waals surface area (Å²) in [6, 6.07) is 0. The monoisotopic (exact) mass is 264 g/mol. The van der Waals surface area contributed by atoms with Gasteiger partial charge in [0.15, 0.2) is 12.1 Å². The van der Waals surface area contributed by atoms with E-state index in [2.05, 4.69) is 20.8 Å². The summed E-state index contributed by atoms with van der Waals surface area (Å²) in [5.74, 6) is 1.56. The van der Waals surface area contributed by atoms with Gasteiger partial charge in [-0.3, -0.25) is 4.79 Å². The molecule has 0 radical (unpaired) electrons. The number of carbonyl (C=O) groups is 1. The Morgan fingerprint density at radius 2 is 2.16 bits per heavy atom. The van der Waals surface area contributed by atoms with E-state index < -0.39 is 0 Å². The molecule has 0 unspecified atom stereocenters. The zero-order valence-corrected chi connectivity index (χ0v) is 12.3. The van der Waals surface area contributed by atoms with E-state index in [1.807, 2.05) is 6.08 Å². The molecule has 3 nitrogen and oxygen atoms in total. The van der Waals surface area contributed by atoms with Crippen LogP contribution in [0.25, 0.3) is 0 Å². The van der Waals surface area contributed by atoms with Crippen LogP contribution in [0.3, 0.4) is 0 Å². The maximum Gasteiger partial charge on any atom is 0.160 e. The van der Waals surface area contributed by atoms with Crippen LogP contribution in [-0.2, 0) is 14.3 Å². The lowest BCUT2D eigenvalue weighted by Gasteiger charge is -2.51. The van der Waals surface area contributed by atoms with Gasteiger partial charge in [-0.05, 0) is 30.3 Å². The third-order valence-electron chi connectivity index (χ3n) is 5.89.